The Morgan fingerprint density at radius 1 is 1.02 bits per heavy atom. The molecule has 3 N–H and O–H groups in total. The molecule has 2 unspecified atom stereocenters. The monoisotopic (exact) mass is 827 g/mol. The lowest BCUT2D eigenvalue weighted by Gasteiger charge is -2.63. The first kappa shape index (κ1) is 37.0. The Balaban J connectivity index is 1.40. The summed E-state index contributed by atoms with van der Waals surface area (Å²) in [5.74, 6) is -3.10. The van der Waals surface area contributed by atoms with Crippen molar-refractivity contribution in [2.45, 2.75) is 99.5 Å². The number of aromatic amines is 1. The molecule has 1 spiro atoms. The summed E-state index contributed by atoms with van der Waals surface area (Å²) in [4.78, 5) is 66.2. The number of anilines is 1. The quantitative estimate of drug-likeness (QED) is 0.131. The Labute approximate surface area is 354 Å². The highest BCUT2D eigenvalue weighted by atomic mass is 16.6. The van der Waals surface area contributed by atoms with Crippen molar-refractivity contribution in [2.75, 3.05) is 58.9 Å². The molecule has 1 saturated carbocycles. The van der Waals surface area contributed by atoms with Crippen molar-refractivity contribution < 1.29 is 52.5 Å². The van der Waals surface area contributed by atoms with Crippen molar-refractivity contribution in [1.29, 1.82) is 0 Å². The second kappa shape index (κ2) is 14.1. The number of H-pyrrole nitrogens is 1. The lowest BCUT2D eigenvalue weighted by atomic mass is 9.47. The SMILES string of the molecule is [2H]C([2H])([2H])OC(=O)[C@]1(c2cc3c(cc2OC)N(C=O)[C@H]2C(O)(C(=O)OC)[C@H](OC(C)=O)[C@@]4(CC)C=CCN5CC[C@@]32[C@@H]54)C[C@@H]2CN(CCc3c1[nH]c1ccccc31)C[C@](O)(CC)C2. The van der Waals surface area contributed by atoms with Gasteiger partial charge in [0.25, 0.3) is 0 Å². The summed E-state index contributed by atoms with van der Waals surface area (Å²) in [6, 6.07) is 9.12. The summed E-state index contributed by atoms with van der Waals surface area (Å²) in [5, 5.41) is 26.2. The number of carbonyl (C=O) groups excluding carboxylic acids is 4. The maximum atomic E-state index is 15.6. The maximum absolute atomic E-state index is 15.6. The van der Waals surface area contributed by atoms with Crippen LogP contribution in [0, 0.1) is 11.3 Å². The van der Waals surface area contributed by atoms with Gasteiger partial charge >= 0.3 is 17.9 Å². The zero-order valence-electron chi connectivity index (χ0n) is 37.8. The van der Waals surface area contributed by atoms with E-state index in [-0.39, 0.29) is 23.7 Å². The van der Waals surface area contributed by atoms with E-state index >= 15 is 4.79 Å². The molecule has 320 valence electrons. The fourth-order valence-electron chi connectivity index (χ4n) is 13.3. The first-order chi connectivity index (χ1) is 29.9. The number of methoxy groups -OCH3 is 3. The van der Waals surface area contributed by atoms with Crippen molar-refractivity contribution in [3.8, 4) is 5.75 Å². The normalized spacial score (nSPS) is 37.4. The van der Waals surface area contributed by atoms with Crippen LogP contribution in [0.1, 0.15) is 79.4 Å². The Morgan fingerprint density at radius 2 is 1.82 bits per heavy atom. The van der Waals surface area contributed by atoms with Crippen LogP contribution in [-0.2, 0) is 50.6 Å². The predicted molar refractivity (Wildman–Crippen MR) is 221 cm³/mol. The molecule has 2 saturated heterocycles. The van der Waals surface area contributed by atoms with E-state index in [0.717, 1.165) is 23.6 Å². The number of carbonyl (C=O) groups is 4. The number of aromatic nitrogens is 1. The van der Waals surface area contributed by atoms with Crippen molar-refractivity contribution >= 4 is 40.9 Å². The van der Waals surface area contributed by atoms with Gasteiger partial charge in [0.2, 0.25) is 12.0 Å². The maximum Gasteiger partial charge on any atom is 0.344 e. The number of fused-ring (bicyclic) bond motifs is 6. The third-order valence-electron chi connectivity index (χ3n) is 15.4. The van der Waals surface area contributed by atoms with E-state index in [1.165, 1.54) is 18.9 Å². The number of rotatable bonds is 8. The first-order valence-corrected chi connectivity index (χ1v) is 21.1. The minimum atomic E-state index is -3.16. The molecule has 10 atom stereocenters. The van der Waals surface area contributed by atoms with Crippen LogP contribution in [0.2, 0.25) is 0 Å². The van der Waals surface area contributed by atoms with Crippen LogP contribution in [0.15, 0.2) is 48.6 Å². The summed E-state index contributed by atoms with van der Waals surface area (Å²) >= 11 is 0. The highest BCUT2D eigenvalue weighted by Gasteiger charge is 2.81. The van der Waals surface area contributed by atoms with Crippen molar-refractivity contribution in [3.05, 3.63) is 70.9 Å². The average Bonchev–Trinajstić information content (AvgIpc) is 3.92. The summed E-state index contributed by atoms with van der Waals surface area (Å²) in [6.07, 6.45) is 4.77. The van der Waals surface area contributed by atoms with Gasteiger partial charge in [-0.25, -0.2) is 4.79 Å². The minimum Gasteiger partial charge on any atom is -0.496 e. The molecular formula is C46H56N4O10. The van der Waals surface area contributed by atoms with Gasteiger partial charge < -0.3 is 39.0 Å². The minimum absolute atomic E-state index is 0.00132. The fraction of sp³-hybridized carbons (Fsp3) is 0.565. The lowest BCUT2D eigenvalue weighted by Crippen LogP contribution is -2.81. The first-order valence-electron chi connectivity index (χ1n) is 22.6. The molecule has 1 amide bonds. The zero-order chi connectivity index (χ0) is 45.1. The number of aliphatic hydroxyl groups is 2. The smallest absolute Gasteiger partial charge is 0.344 e. The molecule has 6 heterocycles. The summed E-state index contributed by atoms with van der Waals surface area (Å²) in [6.45, 7) is 7.50. The number of piperidine rings is 1. The standard InChI is InChI=1S/C46H56N4O10/c1-7-42(55)22-28-23-45(40(53)58-5,36-30(14-18-48(24-28)25-42)29-12-9-10-13-33(29)47-36)32-20-31-34(21-35(32)57-4)50(26-51)38-44(31)16-19-49-17-11-15-43(8-2,37(44)49)39(60-27(3)52)46(38,56)41(54)59-6/h9-13,15,20-21,26,28,37-39,47,55-56H,7-8,14,16-19,22-25H2,1-6H3/t28-,37+,38-,39-,42+,43+,44+,45+,46?/m1/s1/i5D3. The predicted octanol–water partition coefficient (Wildman–Crippen LogP) is 3.52. The third kappa shape index (κ3) is 5.19. The van der Waals surface area contributed by atoms with E-state index in [9.17, 15) is 24.6 Å². The van der Waals surface area contributed by atoms with Crippen molar-refractivity contribution in [1.82, 2.24) is 14.8 Å². The van der Waals surface area contributed by atoms with Crippen molar-refractivity contribution in [3.63, 3.8) is 0 Å². The van der Waals surface area contributed by atoms with Gasteiger partial charge in [0.05, 0.1) is 42.7 Å². The zero-order valence-corrected chi connectivity index (χ0v) is 34.8. The number of benzene rings is 2. The Kier molecular flexibility index (Phi) is 8.73. The summed E-state index contributed by atoms with van der Waals surface area (Å²) in [7, 11) is -0.603. The number of hydrogen-bond donors (Lipinski definition) is 3. The number of para-hydroxylation sites is 1. The van der Waals surface area contributed by atoms with Crippen LogP contribution in [0.25, 0.3) is 10.9 Å². The molecule has 6 aliphatic rings. The van der Waals surface area contributed by atoms with Crippen molar-refractivity contribution in [2.24, 2.45) is 11.3 Å². The number of amides is 1. The number of ether oxygens (including phenoxy) is 4. The Hall–Kier alpha value is -4.76. The molecule has 3 aromatic rings. The summed E-state index contributed by atoms with van der Waals surface area (Å²) in [5.41, 5.74) is -5.05. The van der Waals surface area contributed by atoms with E-state index in [2.05, 4.69) is 14.8 Å². The van der Waals surface area contributed by atoms with Crippen LogP contribution < -0.4 is 9.64 Å². The molecule has 3 fully saturated rings. The van der Waals surface area contributed by atoms with Gasteiger partial charge in [0.15, 0.2) is 6.10 Å². The molecule has 5 aliphatic heterocycles. The highest BCUT2D eigenvalue weighted by molar-refractivity contribution is 5.96. The molecule has 0 radical (unpaired) electrons. The molecular weight excluding hydrogens is 769 g/mol. The van der Waals surface area contributed by atoms with Crippen LogP contribution in [0.3, 0.4) is 0 Å². The second-order valence-electron chi connectivity index (χ2n) is 18.0. The van der Waals surface area contributed by atoms with Crippen LogP contribution in [-0.4, -0.2) is 133 Å². The highest BCUT2D eigenvalue weighted by Crippen LogP contribution is 2.68. The van der Waals surface area contributed by atoms with E-state index in [0.29, 0.717) is 88.2 Å². The molecule has 1 aliphatic carbocycles. The van der Waals surface area contributed by atoms with E-state index in [1.54, 1.807) is 12.1 Å². The Morgan fingerprint density at radius 3 is 2.52 bits per heavy atom. The second-order valence-corrected chi connectivity index (χ2v) is 18.0. The van der Waals surface area contributed by atoms with E-state index in [4.69, 9.17) is 23.1 Å². The Bertz CT molecular complexity index is 2420. The number of hydrogen-bond acceptors (Lipinski definition) is 12. The molecule has 2 bridgehead atoms. The topological polar surface area (TPSA) is 171 Å². The summed E-state index contributed by atoms with van der Waals surface area (Å²) < 4.78 is 48.2. The average molecular weight is 828 g/mol. The number of esters is 3. The molecule has 60 heavy (non-hydrogen) atoms. The van der Waals surface area contributed by atoms with Gasteiger partial charge in [-0.05, 0) is 74.2 Å². The van der Waals surface area contributed by atoms with Gasteiger partial charge in [0.1, 0.15) is 11.2 Å². The van der Waals surface area contributed by atoms with E-state index < -0.39 is 70.6 Å². The van der Waals surface area contributed by atoms with Gasteiger partial charge in [-0.1, -0.05) is 44.2 Å². The van der Waals surface area contributed by atoms with E-state index in [1.807, 2.05) is 50.3 Å². The fourth-order valence-corrected chi connectivity index (χ4v) is 13.3. The largest absolute Gasteiger partial charge is 0.496 e. The molecule has 1 aromatic heterocycles. The third-order valence-corrected chi connectivity index (χ3v) is 15.4. The van der Waals surface area contributed by atoms with Gasteiger partial charge in [-0.15, -0.1) is 0 Å². The molecule has 9 rings (SSSR count). The lowest BCUT2D eigenvalue weighted by molar-refractivity contribution is -0.228. The van der Waals surface area contributed by atoms with Gasteiger partial charge in [-0.3, -0.25) is 24.2 Å². The molecule has 2 aromatic carbocycles. The molecule has 14 nitrogen and oxygen atoms in total. The van der Waals surface area contributed by atoms with Crippen LogP contribution in [0.4, 0.5) is 5.69 Å². The number of nitrogens with zero attached hydrogens (tertiary/aromatic N) is 3. The van der Waals surface area contributed by atoms with Crippen LogP contribution >= 0.6 is 0 Å². The van der Waals surface area contributed by atoms with Gasteiger partial charge in [-0.2, -0.15) is 0 Å². The van der Waals surface area contributed by atoms with Gasteiger partial charge in [0, 0.05) is 78.2 Å². The van der Waals surface area contributed by atoms with Crippen LogP contribution in [0.5, 0.6) is 5.75 Å². The number of nitrogens with one attached hydrogen (secondary N) is 1. The molecule has 14 heteroatoms.